The van der Waals surface area contributed by atoms with Crippen molar-refractivity contribution in [2.24, 2.45) is 0 Å². The van der Waals surface area contributed by atoms with E-state index < -0.39 is 12.1 Å². The number of hydrogen-bond donors (Lipinski definition) is 3. The van der Waals surface area contributed by atoms with Gasteiger partial charge >= 0.3 is 5.97 Å². The summed E-state index contributed by atoms with van der Waals surface area (Å²) in [7, 11) is 0. The van der Waals surface area contributed by atoms with Gasteiger partial charge in [-0.3, -0.25) is 0 Å². The van der Waals surface area contributed by atoms with Crippen molar-refractivity contribution in [3.63, 3.8) is 0 Å². The Kier molecular flexibility index (Phi) is 2.57. The van der Waals surface area contributed by atoms with Crippen molar-refractivity contribution in [3.8, 4) is 17.2 Å². The number of phenols is 3. The molecule has 0 radical (unpaired) electrons. The van der Waals surface area contributed by atoms with Gasteiger partial charge in [-0.15, -0.1) is 0 Å². The predicted molar refractivity (Wildman–Crippen MR) is 69.9 cm³/mol. The van der Waals surface area contributed by atoms with Crippen LogP contribution in [0.4, 0.5) is 0 Å². The van der Waals surface area contributed by atoms with E-state index in [-0.39, 0.29) is 33.9 Å². The van der Waals surface area contributed by atoms with Gasteiger partial charge < -0.3 is 20.1 Å². The maximum atomic E-state index is 11.9. The minimum atomic E-state index is -1.01. The number of ether oxygens (including phenoxy) is 1. The van der Waals surface area contributed by atoms with Crippen LogP contribution in [0.15, 0.2) is 30.3 Å². The Balaban J connectivity index is 2.24. The van der Waals surface area contributed by atoms with E-state index in [0.29, 0.717) is 0 Å². The molecular formula is C15H12O5. The van der Waals surface area contributed by atoms with Gasteiger partial charge in [0.05, 0.1) is 16.7 Å². The average Bonchev–Trinajstić information content (AvgIpc) is 2.67. The predicted octanol–water partition coefficient (Wildman–Crippen LogP) is 2.37. The first kappa shape index (κ1) is 12.3. The third-order valence-corrected chi connectivity index (χ3v) is 3.33. The Bertz CT molecular complexity index is 700. The molecule has 2 aromatic carbocycles. The number of carbonyl (C=O) groups excluding carboxylic acids is 1. The lowest BCUT2D eigenvalue weighted by molar-refractivity contribution is 0.0448. The number of aromatic hydroxyl groups is 3. The summed E-state index contributed by atoms with van der Waals surface area (Å²) in [6.07, 6.45) is -1.01. The van der Waals surface area contributed by atoms with Gasteiger partial charge in [-0.25, -0.2) is 4.79 Å². The molecule has 0 aromatic heterocycles. The second kappa shape index (κ2) is 4.16. The van der Waals surface area contributed by atoms with Crippen LogP contribution in [0.5, 0.6) is 17.2 Å². The number of carbonyl (C=O) groups is 1. The summed E-state index contributed by atoms with van der Waals surface area (Å²) in [5, 5.41) is 29.8. The summed E-state index contributed by atoms with van der Waals surface area (Å²) < 4.78 is 5.20. The molecule has 5 heteroatoms. The molecule has 0 amide bonds. The molecule has 0 fully saturated rings. The third-order valence-electron chi connectivity index (χ3n) is 3.33. The summed E-state index contributed by atoms with van der Waals surface area (Å²) in [6.45, 7) is 1.75. The van der Waals surface area contributed by atoms with Gasteiger partial charge in [-0.05, 0) is 36.8 Å². The Morgan fingerprint density at radius 2 is 1.65 bits per heavy atom. The monoisotopic (exact) mass is 272 g/mol. The van der Waals surface area contributed by atoms with E-state index in [1.54, 1.807) is 13.0 Å². The molecule has 0 saturated heterocycles. The molecule has 3 rings (SSSR count). The normalized spacial score (nSPS) is 16.9. The maximum absolute atomic E-state index is 11.9. The van der Waals surface area contributed by atoms with E-state index in [9.17, 15) is 20.1 Å². The van der Waals surface area contributed by atoms with Crippen LogP contribution in [-0.4, -0.2) is 21.3 Å². The minimum Gasteiger partial charge on any atom is -0.507 e. The number of hydrogen-bond acceptors (Lipinski definition) is 5. The second-order valence-electron chi connectivity index (χ2n) is 4.74. The van der Waals surface area contributed by atoms with Crippen LogP contribution in [0.25, 0.3) is 0 Å². The van der Waals surface area contributed by atoms with Crippen LogP contribution in [0.1, 0.15) is 33.2 Å². The molecule has 1 aliphatic rings. The number of cyclic esters (lactones) is 1. The van der Waals surface area contributed by atoms with Crippen molar-refractivity contribution in [2.45, 2.75) is 13.0 Å². The number of fused-ring (bicyclic) bond motifs is 1. The van der Waals surface area contributed by atoms with Gasteiger partial charge in [-0.2, -0.15) is 0 Å². The molecule has 3 N–H and O–H groups in total. The molecule has 1 aliphatic heterocycles. The van der Waals surface area contributed by atoms with E-state index in [0.717, 1.165) is 5.56 Å². The lowest BCUT2D eigenvalue weighted by Crippen LogP contribution is -2.01. The van der Waals surface area contributed by atoms with E-state index in [4.69, 9.17) is 4.74 Å². The fourth-order valence-electron chi connectivity index (χ4n) is 2.47. The largest absolute Gasteiger partial charge is 0.507 e. The first-order valence-corrected chi connectivity index (χ1v) is 6.04. The highest BCUT2D eigenvalue weighted by Crippen LogP contribution is 2.46. The van der Waals surface area contributed by atoms with Crippen molar-refractivity contribution >= 4 is 5.97 Å². The summed E-state index contributed by atoms with van der Waals surface area (Å²) in [6, 6.07) is 7.35. The van der Waals surface area contributed by atoms with Crippen molar-refractivity contribution in [1.29, 1.82) is 0 Å². The molecule has 1 heterocycles. The highest BCUT2D eigenvalue weighted by Gasteiger charge is 2.38. The van der Waals surface area contributed by atoms with Gasteiger partial charge in [0.15, 0.2) is 6.10 Å². The lowest BCUT2D eigenvalue weighted by atomic mass is 9.95. The van der Waals surface area contributed by atoms with E-state index in [2.05, 4.69) is 0 Å². The zero-order valence-corrected chi connectivity index (χ0v) is 10.6. The van der Waals surface area contributed by atoms with Gasteiger partial charge in [0.25, 0.3) is 0 Å². The molecule has 0 aliphatic carbocycles. The number of phenolic OH excluding ortho intramolecular Hbond substituents is 3. The summed E-state index contributed by atoms with van der Waals surface area (Å²) >= 11 is 0. The fourth-order valence-corrected chi connectivity index (χ4v) is 2.47. The van der Waals surface area contributed by atoms with Crippen LogP contribution >= 0.6 is 0 Å². The smallest absolute Gasteiger partial charge is 0.339 e. The molecule has 0 unspecified atom stereocenters. The van der Waals surface area contributed by atoms with Crippen LogP contribution in [0, 0.1) is 6.92 Å². The quantitative estimate of drug-likeness (QED) is 0.694. The zero-order valence-electron chi connectivity index (χ0n) is 10.6. The lowest BCUT2D eigenvalue weighted by Gasteiger charge is -2.15. The van der Waals surface area contributed by atoms with E-state index in [1.165, 1.54) is 24.3 Å². The average molecular weight is 272 g/mol. The highest BCUT2D eigenvalue weighted by molar-refractivity contribution is 5.96. The van der Waals surface area contributed by atoms with E-state index in [1.807, 2.05) is 0 Å². The number of aryl methyl sites for hydroxylation is 1. The van der Waals surface area contributed by atoms with Gasteiger partial charge in [0.1, 0.15) is 17.2 Å². The van der Waals surface area contributed by atoms with E-state index >= 15 is 0 Å². The van der Waals surface area contributed by atoms with Crippen molar-refractivity contribution in [1.82, 2.24) is 0 Å². The molecule has 0 bridgehead atoms. The molecular weight excluding hydrogens is 260 g/mol. The molecule has 5 nitrogen and oxygen atoms in total. The molecule has 102 valence electrons. The highest BCUT2D eigenvalue weighted by atomic mass is 16.6. The van der Waals surface area contributed by atoms with Crippen molar-refractivity contribution in [3.05, 3.63) is 52.6 Å². The molecule has 0 saturated carbocycles. The number of rotatable bonds is 1. The standard InChI is InChI=1S/C15H12O5/c1-7-5-8-12(11(18)6-7)14(20-15(8)19)13-9(16)3-2-4-10(13)17/h2-6,14,16-18H,1H3/t14-/m1/s1. The van der Waals surface area contributed by atoms with Crippen molar-refractivity contribution < 1.29 is 24.9 Å². The van der Waals surface area contributed by atoms with Gasteiger partial charge in [0.2, 0.25) is 0 Å². The number of esters is 1. The summed E-state index contributed by atoms with van der Waals surface area (Å²) in [4.78, 5) is 11.9. The molecule has 0 spiro atoms. The van der Waals surface area contributed by atoms with Gasteiger partial charge in [0, 0.05) is 0 Å². The first-order chi connectivity index (χ1) is 9.49. The topological polar surface area (TPSA) is 87.0 Å². The SMILES string of the molecule is Cc1cc(O)c2c(c1)C(=O)O[C@H]2c1c(O)cccc1O. The molecule has 2 aromatic rings. The van der Waals surface area contributed by atoms with Crippen LogP contribution in [-0.2, 0) is 4.74 Å². The van der Waals surface area contributed by atoms with Gasteiger partial charge in [-0.1, -0.05) is 6.07 Å². The molecule has 1 atom stereocenters. The van der Waals surface area contributed by atoms with Crippen LogP contribution < -0.4 is 0 Å². The zero-order chi connectivity index (χ0) is 14.4. The Labute approximate surface area is 114 Å². The molecule has 20 heavy (non-hydrogen) atoms. The third kappa shape index (κ3) is 1.67. The summed E-state index contributed by atoms with van der Waals surface area (Å²) in [5.74, 6) is -1.09. The Morgan fingerprint density at radius 1 is 1.00 bits per heavy atom. The Hall–Kier alpha value is -2.69. The summed E-state index contributed by atoms with van der Waals surface area (Å²) in [5.41, 5.74) is 1.30. The Morgan fingerprint density at radius 3 is 2.30 bits per heavy atom. The minimum absolute atomic E-state index is 0.0683. The number of benzene rings is 2. The van der Waals surface area contributed by atoms with Crippen LogP contribution in [0.3, 0.4) is 0 Å². The fraction of sp³-hybridized carbons (Fsp3) is 0.133. The maximum Gasteiger partial charge on any atom is 0.339 e. The first-order valence-electron chi connectivity index (χ1n) is 6.04. The second-order valence-corrected chi connectivity index (χ2v) is 4.74. The van der Waals surface area contributed by atoms with Crippen molar-refractivity contribution in [2.75, 3.05) is 0 Å². The van der Waals surface area contributed by atoms with Crippen LogP contribution in [0.2, 0.25) is 0 Å².